The van der Waals surface area contributed by atoms with E-state index in [1.54, 1.807) is 22.9 Å². The SMILES string of the molecule is Cc1ccc(-c2nc3ccc(F)cn3n2)cc1NC(=O)c1cnc2ccccn12. The molecule has 5 rings (SSSR count). The topological polar surface area (TPSA) is 76.6 Å². The average Bonchev–Trinajstić information content (AvgIpc) is 3.33. The third-order valence-corrected chi connectivity index (χ3v) is 4.69. The van der Waals surface area contributed by atoms with Crippen LogP contribution in [0.15, 0.2) is 67.1 Å². The van der Waals surface area contributed by atoms with Crippen LogP contribution in [0.1, 0.15) is 16.1 Å². The van der Waals surface area contributed by atoms with Gasteiger partial charge in [0.1, 0.15) is 17.2 Å². The molecule has 0 spiro atoms. The number of anilines is 1. The van der Waals surface area contributed by atoms with Crippen LogP contribution >= 0.6 is 0 Å². The number of pyridine rings is 2. The smallest absolute Gasteiger partial charge is 0.274 e. The van der Waals surface area contributed by atoms with Gasteiger partial charge in [-0.05, 0) is 42.8 Å². The number of amides is 1. The van der Waals surface area contributed by atoms with Crippen molar-refractivity contribution in [2.24, 2.45) is 0 Å². The maximum Gasteiger partial charge on any atom is 0.274 e. The van der Waals surface area contributed by atoms with Crippen LogP contribution in [0.25, 0.3) is 22.7 Å². The minimum absolute atomic E-state index is 0.269. The van der Waals surface area contributed by atoms with Crippen molar-refractivity contribution in [1.29, 1.82) is 0 Å². The molecule has 0 radical (unpaired) electrons. The summed E-state index contributed by atoms with van der Waals surface area (Å²) in [4.78, 5) is 21.5. The fourth-order valence-electron chi connectivity index (χ4n) is 3.16. The van der Waals surface area contributed by atoms with Gasteiger partial charge in [-0.15, -0.1) is 5.10 Å². The van der Waals surface area contributed by atoms with Crippen LogP contribution in [0.4, 0.5) is 10.1 Å². The quantitative estimate of drug-likeness (QED) is 0.512. The van der Waals surface area contributed by atoms with Crippen molar-refractivity contribution < 1.29 is 9.18 Å². The highest BCUT2D eigenvalue weighted by Gasteiger charge is 2.15. The third kappa shape index (κ3) is 3.00. The number of rotatable bonds is 3. The molecular weight excluding hydrogens is 371 g/mol. The molecule has 0 aliphatic heterocycles. The predicted molar refractivity (Wildman–Crippen MR) is 106 cm³/mol. The molecule has 0 fully saturated rings. The molecule has 142 valence electrons. The minimum atomic E-state index is -0.390. The summed E-state index contributed by atoms with van der Waals surface area (Å²) in [5, 5.41) is 7.26. The van der Waals surface area contributed by atoms with Crippen molar-refractivity contribution in [3.05, 3.63) is 84.2 Å². The van der Waals surface area contributed by atoms with Gasteiger partial charge in [-0.3, -0.25) is 9.20 Å². The number of hydrogen-bond acceptors (Lipinski definition) is 4. The Morgan fingerprint density at radius 2 is 2.00 bits per heavy atom. The molecule has 29 heavy (non-hydrogen) atoms. The zero-order chi connectivity index (χ0) is 20.0. The number of halogens is 1. The molecule has 7 nitrogen and oxygen atoms in total. The van der Waals surface area contributed by atoms with Crippen LogP contribution < -0.4 is 5.32 Å². The Kier molecular flexibility index (Phi) is 3.83. The number of nitrogens with one attached hydrogen (secondary N) is 1. The lowest BCUT2D eigenvalue weighted by molar-refractivity contribution is 0.102. The lowest BCUT2D eigenvalue weighted by atomic mass is 10.1. The lowest BCUT2D eigenvalue weighted by Crippen LogP contribution is -2.15. The first-order chi connectivity index (χ1) is 14.1. The lowest BCUT2D eigenvalue weighted by Gasteiger charge is -2.09. The Morgan fingerprint density at radius 3 is 2.90 bits per heavy atom. The van der Waals surface area contributed by atoms with E-state index in [1.807, 2.05) is 43.3 Å². The Bertz CT molecular complexity index is 1390. The van der Waals surface area contributed by atoms with Gasteiger partial charge in [0.05, 0.1) is 12.4 Å². The van der Waals surface area contributed by atoms with E-state index in [1.165, 1.54) is 16.8 Å². The van der Waals surface area contributed by atoms with E-state index < -0.39 is 0 Å². The highest BCUT2D eigenvalue weighted by molar-refractivity contribution is 6.04. The summed E-state index contributed by atoms with van der Waals surface area (Å²) in [6.45, 7) is 1.90. The van der Waals surface area contributed by atoms with Gasteiger partial charge in [-0.2, -0.15) is 0 Å². The first kappa shape index (κ1) is 17.1. The van der Waals surface area contributed by atoms with Crippen molar-refractivity contribution >= 4 is 22.9 Å². The van der Waals surface area contributed by atoms with E-state index in [-0.39, 0.29) is 11.7 Å². The van der Waals surface area contributed by atoms with Gasteiger partial charge in [0.15, 0.2) is 11.5 Å². The van der Waals surface area contributed by atoms with E-state index in [0.29, 0.717) is 34.1 Å². The molecule has 0 unspecified atom stereocenters. The van der Waals surface area contributed by atoms with Crippen LogP contribution in [-0.2, 0) is 0 Å². The standard InChI is InChI=1S/C21H15FN6O/c1-13-5-6-14(20-25-19-8-7-15(22)12-28(19)26-20)10-16(13)24-21(29)17-11-23-18-4-2-3-9-27(17)18/h2-12H,1H3,(H,24,29). The van der Waals surface area contributed by atoms with Crippen LogP contribution in [0.2, 0.25) is 0 Å². The number of fused-ring (bicyclic) bond motifs is 2. The molecule has 0 aliphatic carbocycles. The van der Waals surface area contributed by atoms with Crippen molar-refractivity contribution in [2.45, 2.75) is 6.92 Å². The number of imidazole rings is 1. The fraction of sp³-hybridized carbons (Fsp3) is 0.0476. The summed E-state index contributed by atoms with van der Waals surface area (Å²) in [6, 6.07) is 14.0. The summed E-state index contributed by atoms with van der Waals surface area (Å²) in [6.07, 6.45) is 4.61. The van der Waals surface area contributed by atoms with Gasteiger partial charge >= 0.3 is 0 Å². The second-order valence-electron chi connectivity index (χ2n) is 6.64. The summed E-state index contributed by atoms with van der Waals surface area (Å²) in [5.41, 5.74) is 3.93. The van der Waals surface area contributed by atoms with Crippen LogP contribution in [0.3, 0.4) is 0 Å². The minimum Gasteiger partial charge on any atom is -0.320 e. The zero-order valence-corrected chi connectivity index (χ0v) is 15.4. The Labute approximate surface area is 164 Å². The second-order valence-corrected chi connectivity index (χ2v) is 6.64. The van der Waals surface area contributed by atoms with Crippen LogP contribution in [0, 0.1) is 12.7 Å². The number of aryl methyl sites for hydroxylation is 1. The number of carbonyl (C=O) groups is 1. The summed E-state index contributed by atoms with van der Waals surface area (Å²) in [7, 11) is 0. The van der Waals surface area contributed by atoms with Gasteiger partial charge in [0.25, 0.3) is 5.91 Å². The molecule has 4 aromatic heterocycles. The largest absolute Gasteiger partial charge is 0.320 e. The van der Waals surface area contributed by atoms with Crippen molar-refractivity contribution in [2.75, 3.05) is 5.32 Å². The first-order valence-corrected chi connectivity index (χ1v) is 8.95. The second kappa shape index (κ2) is 6.52. The van der Waals surface area contributed by atoms with Gasteiger partial charge in [0.2, 0.25) is 0 Å². The van der Waals surface area contributed by atoms with E-state index in [2.05, 4.69) is 20.4 Å². The normalized spacial score (nSPS) is 11.2. The molecule has 1 amide bonds. The van der Waals surface area contributed by atoms with Gasteiger partial charge < -0.3 is 5.32 Å². The van der Waals surface area contributed by atoms with Gasteiger partial charge in [0, 0.05) is 17.4 Å². The molecule has 0 saturated heterocycles. The highest BCUT2D eigenvalue weighted by Crippen LogP contribution is 2.24. The van der Waals surface area contributed by atoms with Gasteiger partial charge in [-0.25, -0.2) is 18.9 Å². The number of nitrogens with zero attached hydrogens (tertiary/aromatic N) is 5. The van der Waals surface area contributed by atoms with E-state index >= 15 is 0 Å². The molecule has 1 aromatic carbocycles. The predicted octanol–water partition coefficient (Wildman–Crippen LogP) is 3.74. The fourth-order valence-corrected chi connectivity index (χ4v) is 3.16. The molecule has 8 heteroatoms. The highest BCUT2D eigenvalue weighted by atomic mass is 19.1. The van der Waals surface area contributed by atoms with Gasteiger partial charge in [-0.1, -0.05) is 18.2 Å². The van der Waals surface area contributed by atoms with E-state index in [9.17, 15) is 9.18 Å². The molecule has 0 aliphatic rings. The van der Waals surface area contributed by atoms with E-state index in [0.717, 1.165) is 5.56 Å². The van der Waals surface area contributed by atoms with E-state index in [4.69, 9.17) is 0 Å². The Hall–Kier alpha value is -4.07. The molecule has 5 aromatic rings. The summed E-state index contributed by atoms with van der Waals surface area (Å²) < 4.78 is 16.5. The zero-order valence-electron chi connectivity index (χ0n) is 15.4. The number of aromatic nitrogens is 5. The Morgan fingerprint density at radius 1 is 1.10 bits per heavy atom. The average molecular weight is 386 g/mol. The molecule has 4 heterocycles. The monoisotopic (exact) mass is 386 g/mol. The van der Waals surface area contributed by atoms with Crippen molar-refractivity contribution in [3.8, 4) is 11.4 Å². The molecule has 0 saturated carbocycles. The molecular formula is C21H15FN6O. The number of hydrogen-bond donors (Lipinski definition) is 1. The van der Waals surface area contributed by atoms with Crippen LogP contribution in [0.5, 0.6) is 0 Å². The first-order valence-electron chi connectivity index (χ1n) is 8.95. The summed E-state index contributed by atoms with van der Waals surface area (Å²) >= 11 is 0. The number of carbonyl (C=O) groups excluding carboxylic acids is 1. The van der Waals surface area contributed by atoms with Crippen molar-refractivity contribution in [1.82, 2.24) is 24.0 Å². The molecule has 0 bridgehead atoms. The maximum atomic E-state index is 13.4. The maximum absolute atomic E-state index is 13.4. The Balaban J connectivity index is 1.49. The number of benzene rings is 1. The molecule has 0 atom stereocenters. The molecule has 1 N–H and O–H groups in total. The third-order valence-electron chi connectivity index (χ3n) is 4.69. The summed E-state index contributed by atoms with van der Waals surface area (Å²) in [5.74, 6) is -0.214. The van der Waals surface area contributed by atoms with Crippen molar-refractivity contribution in [3.63, 3.8) is 0 Å². The van der Waals surface area contributed by atoms with Crippen LogP contribution in [-0.4, -0.2) is 29.9 Å².